The van der Waals surface area contributed by atoms with E-state index in [4.69, 9.17) is 16.3 Å². The molecule has 1 aliphatic heterocycles. The molecule has 2 rings (SSSR count). The average Bonchev–Trinajstić information content (AvgIpc) is 2.37. The maximum atomic E-state index is 6.04. The molecule has 1 nitrogen and oxygen atoms in total. The fourth-order valence-corrected chi connectivity index (χ4v) is 2.27. The SMILES string of the molecule is CCc1cc(Cl)cc2c1OC(C)(C)C2. The average molecular weight is 211 g/mol. The van der Waals surface area contributed by atoms with Crippen LogP contribution in [0.15, 0.2) is 12.1 Å². The predicted molar refractivity (Wildman–Crippen MR) is 59.2 cm³/mol. The van der Waals surface area contributed by atoms with E-state index in [0.29, 0.717) is 0 Å². The first kappa shape index (κ1) is 9.85. The van der Waals surface area contributed by atoms with Crippen molar-refractivity contribution in [3.63, 3.8) is 0 Å². The molecule has 0 fully saturated rings. The Morgan fingerprint density at radius 2 is 2.14 bits per heavy atom. The summed E-state index contributed by atoms with van der Waals surface area (Å²) in [6.07, 6.45) is 1.93. The number of hydrogen-bond donors (Lipinski definition) is 0. The van der Waals surface area contributed by atoms with Gasteiger partial charge in [0.15, 0.2) is 0 Å². The summed E-state index contributed by atoms with van der Waals surface area (Å²) in [6.45, 7) is 6.35. The van der Waals surface area contributed by atoms with Gasteiger partial charge in [-0.1, -0.05) is 18.5 Å². The van der Waals surface area contributed by atoms with E-state index in [1.807, 2.05) is 12.1 Å². The van der Waals surface area contributed by atoms with Gasteiger partial charge in [0.05, 0.1) is 0 Å². The van der Waals surface area contributed by atoms with Gasteiger partial charge in [0, 0.05) is 11.4 Å². The summed E-state index contributed by atoms with van der Waals surface area (Å²) >= 11 is 6.04. The molecular weight excluding hydrogens is 196 g/mol. The Hall–Kier alpha value is -0.690. The zero-order valence-electron chi connectivity index (χ0n) is 8.86. The van der Waals surface area contributed by atoms with Crippen LogP contribution in [0, 0.1) is 0 Å². The fourth-order valence-electron chi connectivity index (χ4n) is 2.01. The number of ether oxygens (including phenoxy) is 1. The summed E-state index contributed by atoms with van der Waals surface area (Å²) in [4.78, 5) is 0. The van der Waals surface area contributed by atoms with Crippen LogP contribution in [0.1, 0.15) is 31.9 Å². The fraction of sp³-hybridized carbons (Fsp3) is 0.500. The van der Waals surface area contributed by atoms with Crippen LogP contribution >= 0.6 is 11.6 Å². The number of benzene rings is 1. The lowest BCUT2D eigenvalue weighted by Crippen LogP contribution is -2.24. The third kappa shape index (κ3) is 1.61. The van der Waals surface area contributed by atoms with Crippen LogP contribution in [0.4, 0.5) is 0 Å². The lowest BCUT2D eigenvalue weighted by atomic mass is 10.00. The Morgan fingerprint density at radius 1 is 1.43 bits per heavy atom. The highest BCUT2D eigenvalue weighted by atomic mass is 35.5. The molecule has 0 saturated heterocycles. The summed E-state index contributed by atoms with van der Waals surface area (Å²) < 4.78 is 5.91. The molecule has 0 N–H and O–H groups in total. The highest BCUT2D eigenvalue weighted by Crippen LogP contribution is 2.39. The molecule has 2 heteroatoms. The molecule has 0 unspecified atom stereocenters. The minimum atomic E-state index is -0.0725. The van der Waals surface area contributed by atoms with Crippen molar-refractivity contribution in [2.45, 2.75) is 39.2 Å². The highest BCUT2D eigenvalue weighted by Gasteiger charge is 2.31. The second-order valence-electron chi connectivity index (χ2n) is 4.45. The van der Waals surface area contributed by atoms with Crippen LogP contribution in [0.3, 0.4) is 0 Å². The van der Waals surface area contributed by atoms with Gasteiger partial charge in [-0.05, 0) is 43.5 Å². The van der Waals surface area contributed by atoms with Crippen molar-refractivity contribution in [2.75, 3.05) is 0 Å². The van der Waals surface area contributed by atoms with E-state index >= 15 is 0 Å². The molecule has 0 aliphatic carbocycles. The van der Waals surface area contributed by atoms with E-state index in [2.05, 4.69) is 20.8 Å². The monoisotopic (exact) mass is 210 g/mol. The summed E-state index contributed by atoms with van der Waals surface area (Å²) in [5.41, 5.74) is 2.40. The smallest absolute Gasteiger partial charge is 0.126 e. The van der Waals surface area contributed by atoms with Gasteiger partial charge in [0.2, 0.25) is 0 Å². The maximum absolute atomic E-state index is 6.04. The zero-order valence-corrected chi connectivity index (χ0v) is 9.61. The van der Waals surface area contributed by atoms with Gasteiger partial charge < -0.3 is 4.74 Å². The molecule has 14 heavy (non-hydrogen) atoms. The molecule has 1 aromatic rings. The molecule has 1 aromatic carbocycles. The molecule has 0 spiro atoms. The largest absolute Gasteiger partial charge is 0.487 e. The topological polar surface area (TPSA) is 9.23 Å². The molecule has 1 aliphatic rings. The van der Waals surface area contributed by atoms with Crippen LogP contribution in [0.2, 0.25) is 5.02 Å². The van der Waals surface area contributed by atoms with Crippen molar-refractivity contribution in [2.24, 2.45) is 0 Å². The zero-order chi connectivity index (χ0) is 10.3. The Kier molecular flexibility index (Phi) is 2.23. The first-order valence-corrected chi connectivity index (χ1v) is 5.40. The predicted octanol–water partition coefficient (Wildman–Crippen LogP) is 3.62. The van der Waals surface area contributed by atoms with Crippen molar-refractivity contribution >= 4 is 11.6 Å². The van der Waals surface area contributed by atoms with E-state index in [-0.39, 0.29) is 5.60 Å². The number of fused-ring (bicyclic) bond motifs is 1. The minimum absolute atomic E-state index is 0.0725. The van der Waals surface area contributed by atoms with Crippen molar-refractivity contribution in [3.05, 3.63) is 28.3 Å². The Morgan fingerprint density at radius 3 is 2.79 bits per heavy atom. The second-order valence-corrected chi connectivity index (χ2v) is 4.88. The molecule has 0 saturated carbocycles. The van der Waals surface area contributed by atoms with Crippen LogP contribution in [0.5, 0.6) is 5.75 Å². The van der Waals surface area contributed by atoms with Crippen molar-refractivity contribution in [1.29, 1.82) is 0 Å². The van der Waals surface area contributed by atoms with Gasteiger partial charge in [-0.2, -0.15) is 0 Å². The van der Waals surface area contributed by atoms with Crippen LogP contribution < -0.4 is 4.74 Å². The van der Waals surface area contributed by atoms with Gasteiger partial charge in [-0.3, -0.25) is 0 Å². The van der Waals surface area contributed by atoms with Crippen molar-refractivity contribution in [1.82, 2.24) is 0 Å². The number of aryl methyl sites for hydroxylation is 1. The second kappa shape index (κ2) is 3.16. The van der Waals surface area contributed by atoms with Gasteiger partial charge in [0.1, 0.15) is 11.4 Å². The number of hydrogen-bond acceptors (Lipinski definition) is 1. The first-order valence-electron chi connectivity index (χ1n) is 5.02. The first-order chi connectivity index (χ1) is 6.52. The van der Waals surface area contributed by atoms with Crippen molar-refractivity contribution < 1.29 is 4.74 Å². The third-order valence-corrected chi connectivity index (χ3v) is 2.80. The standard InChI is InChI=1S/C12H15ClO/c1-4-8-5-10(13)6-9-7-12(2,3)14-11(8)9/h5-6H,4,7H2,1-3H3. The van der Waals surface area contributed by atoms with Crippen LogP contribution in [-0.2, 0) is 12.8 Å². The molecular formula is C12H15ClO. The molecule has 1 heterocycles. The Bertz CT molecular complexity index is 369. The lowest BCUT2D eigenvalue weighted by molar-refractivity contribution is 0.137. The maximum Gasteiger partial charge on any atom is 0.126 e. The van der Waals surface area contributed by atoms with Crippen LogP contribution in [0.25, 0.3) is 0 Å². The minimum Gasteiger partial charge on any atom is -0.487 e. The van der Waals surface area contributed by atoms with E-state index in [9.17, 15) is 0 Å². The highest BCUT2D eigenvalue weighted by molar-refractivity contribution is 6.30. The molecule has 0 radical (unpaired) electrons. The molecule has 0 amide bonds. The van der Waals surface area contributed by atoms with E-state index < -0.39 is 0 Å². The molecule has 0 bridgehead atoms. The van der Waals surface area contributed by atoms with E-state index in [1.165, 1.54) is 11.1 Å². The summed E-state index contributed by atoms with van der Waals surface area (Å²) in [5.74, 6) is 1.06. The Balaban J connectivity index is 2.50. The van der Waals surface area contributed by atoms with Crippen molar-refractivity contribution in [3.8, 4) is 5.75 Å². The number of halogens is 1. The lowest BCUT2D eigenvalue weighted by Gasteiger charge is -2.17. The molecule has 0 aromatic heterocycles. The third-order valence-electron chi connectivity index (χ3n) is 2.58. The van der Waals surface area contributed by atoms with E-state index in [0.717, 1.165) is 23.6 Å². The van der Waals surface area contributed by atoms with Gasteiger partial charge >= 0.3 is 0 Å². The van der Waals surface area contributed by atoms with Gasteiger partial charge in [-0.25, -0.2) is 0 Å². The Labute approximate surface area is 90.0 Å². The van der Waals surface area contributed by atoms with Gasteiger partial charge in [0.25, 0.3) is 0 Å². The summed E-state index contributed by atoms with van der Waals surface area (Å²) in [5, 5.41) is 0.821. The van der Waals surface area contributed by atoms with E-state index in [1.54, 1.807) is 0 Å². The number of rotatable bonds is 1. The van der Waals surface area contributed by atoms with Gasteiger partial charge in [-0.15, -0.1) is 0 Å². The molecule has 76 valence electrons. The normalized spacial score (nSPS) is 17.7. The quantitative estimate of drug-likeness (QED) is 0.688. The summed E-state index contributed by atoms with van der Waals surface area (Å²) in [7, 11) is 0. The van der Waals surface area contributed by atoms with Crippen LogP contribution in [-0.4, -0.2) is 5.60 Å². The summed E-state index contributed by atoms with van der Waals surface area (Å²) in [6, 6.07) is 4.02. The molecule has 0 atom stereocenters.